The Morgan fingerprint density at radius 2 is 1.94 bits per heavy atom. The highest BCUT2D eigenvalue weighted by atomic mass is 35.5. The minimum Gasteiger partial charge on any atom is -0.453 e. The summed E-state index contributed by atoms with van der Waals surface area (Å²) in [7, 11) is 1.39. The third-order valence-corrected chi connectivity index (χ3v) is 7.42. The standard InChI is InChI=1S/C24H25ClFN7O2/c1-3-18-21-28-29-22(31-13-24(14-31)11-30(12-24)20-7-5-17(26)9-27-20)33(21)19-6-4-16(25)8-15(19)10-32(18)23(34)35-2/h4-9,18H,3,10-14H2,1-2H3. The molecule has 182 valence electrons. The lowest BCUT2D eigenvalue weighted by molar-refractivity contribution is 0.0981. The Hall–Kier alpha value is -3.40. The maximum atomic E-state index is 13.2. The van der Waals surface area contributed by atoms with E-state index in [1.165, 1.54) is 19.4 Å². The number of carbonyl (C=O) groups is 1. The summed E-state index contributed by atoms with van der Waals surface area (Å²) >= 11 is 6.32. The Bertz CT molecular complexity index is 1280. The molecule has 0 radical (unpaired) electrons. The summed E-state index contributed by atoms with van der Waals surface area (Å²) in [5.41, 5.74) is 1.98. The molecule has 0 N–H and O–H groups in total. The van der Waals surface area contributed by atoms with Gasteiger partial charge in [0.25, 0.3) is 0 Å². The van der Waals surface area contributed by atoms with Gasteiger partial charge in [-0.2, -0.15) is 0 Å². The van der Waals surface area contributed by atoms with Crippen LogP contribution >= 0.6 is 11.6 Å². The zero-order valence-corrected chi connectivity index (χ0v) is 20.2. The van der Waals surface area contributed by atoms with Crippen LogP contribution in [0.5, 0.6) is 0 Å². The zero-order chi connectivity index (χ0) is 24.3. The number of hydrogen-bond acceptors (Lipinski definition) is 7. The lowest BCUT2D eigenvalue weighted by atomic mass is 9.73. The molecule has 1 spiro atoms. The van der Waals surface area contributed by atoms with Crippen molar-refractivity contribution in [2.24, 2.45) is 5.41 Å². The molecule has 3 aromatic rings. The summed E-state index contributed by atoms with van der Waals surface area (Å²) in [4.78, 5) is 22.9. The third kappa shape index (κ3) is 3.50. The Kier molecular flexibility index (Phi) is 5.10. The van der Waals surface area contributed by atoms with E-state index in [-0.39, 0.29) is 17.3 Å². The van der Waals surface area contributed by atoms with Gasteiger partial charge >= 0.3 is 6.09 Å². The van der Waals surface area contributed by atoms with E-state index in [9.17, 15) is 9.18 Å². The van der Waals surface area contributed by atoms with Gasteiger partial charge < -0.3 is 14.5 Å². The largest absolute Gasteiger partial charge is 0.453 e. The molecule has 2 fully saturated rings. The summed E-state index contributed by atoms with van der Waals surface area (Å²) in [6.07, 6.45) is 1.51. The van der Waals surface area contributed by atoms with Crippen molar-refractivity contribution in [1.29, 1.82) is 0 Å². The van der Waals surface area contributed by atoms with Gasteiger partial charge in [0, 0.05) is 36.6 Å². The number of pyridine rings is 1. The summed E-state index contributed by atoms with van der Waals surface area (Å²) in [6.45, 7) is 5.79. The quantitative estimate of drug-likeness (QED) is 0.544. The number of halogens is 2. The monoisotopic (exact) mass is 497 g/mol. The normalized spacial score (nSPS) is 20.0. The number of aromatic nitrogens is 4. The fourth-order valence-electron chi connectivity index (χ4n) is 5.57. The summed E-state index contributed by atoms with van der Waals surface area (Å²) < 4.78 is 20.4. The molecular weight excluding hydrogens is 473 g/mol. The van der Waals surface area contributed by atoms with Crippen LogP contribution in [0.2, 0.25) is 5.02 Å². The molecule has 1 aromatic carbocycles. The van der Waals surface area contributed by atoms with E-state index >= 15 is 0 Å². The molecule has 2 saturated heterocycles. The Labute approximate surface area is 207 Å². The highest BCUT2D eigenvalue weighted by Crippen LogP contribution is 2.45. The third-order valence-electron chi connectivity index (χ3n) is 7.19. The molecule has 2 aromatic heterocycles. The van der Waals surface area contributed by atoms with Crippen LogP contribution in [-0.4, -0.2) is 64.0 Å². The van der Waals surface area contributed by atoms with Gasteiger partial charge in [-0.15, -0.1) is 10.2 Å². The zero-order valence-electron chi connectivity index (χ0n) is 19.5. The second-order valence-corrected chi connectivity index (χ2v) is 9.97. The molecule has 0 saturated carbocycles. The fourth-order valence-corrected chi connectivity index (χ4v) is 5.76. The number of fused-ring (bicyclic) bond motifs is 3. The Balaban J connectivity index is 1.29. The van der Waals surface area contributed by atoms with Crippen molar-refractivity contribution < 1.29 is 13.9 Å². The summed E-state index contributed by atoms with van der Waals surface area (Å²) in [5.74, 6) is 1.94. The maximum Gasteiger partial charge on any atom is 0.410 e. The average molecular weight is 498 g/mol. The van der Waals surface area contributed by atoms with Crippen LogP contribution in [0.4, 0.5) is 21.0 Å². The number of amides is 1. The van der Waals surface area contributed by atoms with Gasteiger partial charge in [-0.05, 0) is 42.3 Å². The first kappa shape index (κ1) is 22.1. The van der Waals surface area contributed by atoms with E-state index in [2.05, 4.69) is 29.5 Å². The molecular formula is C24H25ClFN7O2. The first-order chi connectivity index (χ1) is 16.9. The van der Waals surface area contributed by atoms with Crippen molar-refractivity contribution in [1.82, 2.24) is 24.6 Å². The number of ether oxygens (including phenoxy) is 1. The highest BCUT2D eigenvalue weighted by Gasteiger charge is 2.53. The number of rotatable bonds is 3. The fraction of sp³-hybridized carbons (Fsp3) is 0.417. The minimum atomic E-state index is -0.410. The molecule has 6 rings (SSSR count). The van der Waals surface area contributed by atoms with Gasteiger partial charge in [0.1, 0.15) is 11.6 Å². The van der Waals surface area contributed by atoms with Crippen molar-refractivity contribution in [3.63, 3.8) is 0 Å². The van der Waals surface area contributed by atoms with Crippen molar-refractivity contribution in [3.05, 3.63) is 58.8 Å². The van der Waals surface area contributed by atoms with Gasteiger partial charge in [0.05, 0.1) is 31.6 Å². The van der Waals surface area contributed by atoms with E-state index in [0.717, 1.165) is 49.2 Å². The molecule has 9 nitrogen and oxygen atoms in total. The highest BCUT2D eigenvalue weighted by molar-refractivity contribution is 6.30. The van der Waals surface area contributed by atoms with Crippen LogP contribution in [0.1, 0.15) is 30.8 Å². The van der Waals surface area contributed by atoms with Crippen LogP contribution in [0.15, 0.2) is 36.5 Å². The number of carbonyl (C=O) groups excluding carboxylic acids is 1. The average Bonchev–Trinajstić information content (AvgIpc) is 3.16. The number of nitrogens with zero attached hydrogens (tertiary/aromatic N) is 7. The van der Waals surface area contributed by atoms with E-state index in [1.807, 2.05) is 25.1 Å². The molecule has 35 heavy (non-hydrogen) atoms. The number of methoxy groups -OCH3 is 1. The van der Waals surface area contributed by atoms with Crippen LogP contribution in [-0.2, 0) is 11.3 Å². The van der Waals surface area contributed by atoms with Gasteiger partial charge in [-0.1, -0.05) is 18.5 Å². The Morgan fingerprint density at radius 3 is 2.63 bits per heavy atom. The van der Waals surface area contributed by atoms with Gasteiger partial charge in [0.2, 0.25) is 5.95 Å². The van der Waals surface area contributed by atoms with Crippen LogP contribution in [0.25, 0.3) is 5.69 Å². The second kappa shape index (κ2) is 8.08. The smallest absolute Gasteiger partial charge is 0.410 e. The SMILES string of the molecule is CCC1c2nnc(N3CC4(CN(c5ccc(F)cn5)C4)C3)n2-c2ccc(Cl)cc2CN1C(=O)OC. The van der Waals surface area contributed by atoms with Gasteiger partial charge in [-0.3, -0.25) is 9.47 Å². The molecule has 1 amide bonds. The molecule has 11 heteroatoms. The van der Waals surface area contributed by atoms with Crippen molar-refractivity contribution >= 4 is 29.5 Å². The van der Waals surface area contributed by atoms with Gasteiger partial charge in [-0.25, -0.2) is 14.2 Å². The maximum absolute atomic E-state index is 13.2. The van der Waals surface area contributed by atoms with E-state index < -0.39 is 6.09 Å². The molecule has 1 unspecified atom stereocenters. The molecule has 0 aliphatic carbocycles. The topological polar surface area (TPSA) is 79.6 Å². The predicted octanol–water partition coefficient (Wildman–Crippen LogP) is 3.81. The first-order valence-electron chi connectivity index (χ1n) is 11.6. The van der Waals surface area contributed by atoms with Crippen molar-refractivity contribution in [2.75, 3.05) is 43.1 Å². The molecule has 1 atom stereocenters. The molecule has 3 aliphatic heterocycles. The molecule has 5 heterocycles. The predicted molar refractivity (Wildman–Crippen MR) is 128 cm³/mol. The first-order valence-corrected chi connectivity index (χ1v) is 12.0. The van der Waals surface area contributed by atoms with E-state index in [4.69, 9.17) is 16.3 Å². The number of benzene rings is 1. The van der Waals surface area contributed by atoms with Crippen LogP contribution < -0.4 is 9.80 Å². The van der Waals surface area contributed by atoms with Crippen LogP contribution in [0.3, 0.4) is 0 Å². The second-order valence-electron chi connectivity index (χ2n) is 9.54. The number of anilines is 2. The molecule has 0 bridgehead atoms. The van der Waals surface area contributed by atoms with E-state index in [0.29, 0.717) is 23.8 Å². The molecule has 3 aliphatic rings. The van der Waals surface area contributed by atoms with Crippen LogP contribution in [0, 0.1) is 11.2 Å². The number of hydrogen-bond donors (Lipinski definition) is 0. The summed E-state index contributed by atoms with van der Waals surface area (Å²) in [5, 5.41) is 9.73. The lowest BCUT2D eigenvalue weighted by Crippen LogP contribution is -2.73. The van der Waals surface area contributed by atoms with Gasteiger partial charge in [0.15, 0.2) is 5.82 Å². The lowest BCUT2D eigenvalue weighted by Gasteiger charge is -2.60. The minimum absolute atomic E-state index is 0.151. The van der Waals surface area contributed by atoms with Crippen molar-refractivity contribution in [3.8, 4) is 5.69 Å². The summed E-state index contributed by atoms with van der Waals surface area (Å²) in [6, 6.07) is 8.57. The van der Waals surface area contributed by atoms with E-state index in [1.54, 1.807) is 11.0 Å². The van der Waals surface area contributed by atoms with Crippen molar-refractivity contribution in [2.45, 2.75) is 25.9 Å². The Morgan fingerprint density at radius 1 is 1.17 bits per heavy atom.